The van der Waals surface area contributed by atoms with Gasteiger partial charge in [-0.05, 0) is 55.4 Å². The summed E-state index contributed by atoms with van der Waals surface area (Å²) >= 11 is 0. The fraction of sp³-hybridized carbons (Fsp3) is 0.745. The summed E-state index contributed by atoms with van der Waals surface area (Å²) in [4.78, 5) is 11.4. The van der Waals surface area contributed by atoms with Crippen LogP contribution in [0.3, 0.4) is 0 Å². The van der Waals surface area contributed by atoms with Crippen molar-refractivity contribution in [3.63, 3.8) is 0 Å². The highest BCUT2D eigenvalue weighted by Gasteiger charge is 2.09. The molecular weight excluding hydrogens is 693 g/mol. The van der Waals surface area contributed by atoms with Crippen molar-refractivity contribution in [2.45, 2.75) is 232 Å². The van der Waals surface area contributed by atoms with Crippen molar-refractivity contribution in [2.75, 3.05) is 13.2 Å². The third-order valence-corrected chi connectivity index (χ3v) is 10.9. The predicted octanol–water partition coefficient (Wildman–Crippen LogP) is 15.2. The van der Waals surface area contributed by atoms with E-state index in [0.29, 0.717) is 6.42 Å². The average molecular weight is 781 g/mol. The van der Waals surface area contributed by atoms with Gasteiger partial charge in [0.15, 0.2) is 0 Å². The number of ether oxygens (including phenoxy) is 2. The van der Waals surface area contributed by atoms with Crippen molar-refractivity contribution in [1.82, 2.24) is 0 Å². The highest BCUT2D eigenvalue weighted by molar-refractivity contribution is 5.69. The molecule has 0 aliphatic rings. The van der Waals surface area contributed by atoms with Crippen molar-refractivity contribution >= 4 is 5.97 Å². The van der Waals surface area contributed by atoms with E-state index in [9.17, 15) is 4.79 Å². The highest BCUT2D eigenvalue weighted by atomic mass is 16.5. The Bertz CT molecular complexity index is 1070. The number of unbranched alkanes of at least 4 members (excludes halogenated alkanes) is 26. The Hall–Kier alpha value is -2.37. The summed E-state index contributed by atoms with van der Waals surface area (Å²) in [6.45, 7) is 6.36. The molecule has 2 aromatic carbocycles. The average Bonchev–Trinajstić information content (AvgIpc) is 3.22. The smallest absolute Gasteiger partial charge is 0.305 e. The molecule has 0 radical (unpaired) electrons. The largest absolute Gasteiger partial charge is 0.463 e. The normalized spacial score (nSPS) is 11.6. The summed E-state index contributed by atoms with van der Waals surface area (Å²) in [5.74, 6) is 1.81. The number of esters is 1. The molecule has 2 rings (SSSR count). The first-order chi connectivity index (χ1) is 27.5. The highest BCUT2D eigenvalue weighted by Crippen LogP contribution is 2.30. The van der Waals surface area contributed by atoms with Crippen LogP contribution in [0, 0.1) is 0 Å². The van der Waals surface area contributed by atoms with Crippen LogP contribution in [0.2, 0.25) is 0 Å². The minimum Gasteiger partial charge on any atom is -0.463 e. The van der Waals surface area contributed by atoms with Gasteiger partial charge in [-0.2, -0.15) is 0 Å². The van der Waals surface area contributed by atoms with Gasteiger partial charge in [-0.15, -0.1) is 0 Å². The molecule has 5 heteroatoms. The number of aliphatic hydroxyl groups is 2. The Kier molecular flexibility index (Phi) is 36.4. The zero-order valence-corrected chi connectivity index (χ0v) is 36.9. The van der Waals surface area contributed by atoms with E-state index in [1.165, 1.54) is 184 Å². The molecule has 0 aliphatic carbocycles. The lowest BCUT2D eigenvalue weighted by molar-refractivity contribution is -0.147. The molecule has 322 valence electrons. The number of aliphatic hydroxyl groups excluding tert-OH is 2. The SMILES string of the molecule is CCCCCCCCCCCCCCCCCC(=O)OCC(O)CO.CCCCCCCCCc1ccccc1Oc1ccccc1CCCCCCCCC. The third-order valence-electron chi connectivity index (χ3n) is 10.9. The molecule has 0 aromatic heterocycles. The minimum atomic E-state index is -0.954. The zero-order chi connectivity index (χ0) is 40.6. The van der Waals surface area contributed by atoms with Gasteiger partial charge in [-0.3, -0.25) is 4.79 Å². The maximum atomic E-state index is 11.4. The molecule has 1 unspecified atom stereocenters. The van der Waals surface area contributed by atoms with Crippen LogP contribution in [-0.4, -0.2) is 35.5 Å². The quantitative estimate of drug-likeness (QED) is 0.0527. The number of aryl methyl sites for hydroxylation is 2. The Morgan fingerprint density at radius 1 is 0.482 bits per heavy atom. The zero-order valence-electron chi connectivity index (χ0n) is 36.9. The maximum absolute atomic E-state index is 11.4. The summed E-state index contributed by atoms with van der Waals surface area (Å²) in [6.07, 6.45) is 40.1. The first kappa shape index (κ1) is 51.6. The van der Waals surface area contributed by atoms with E-state index in [2.05, 4.69) is 69.3 Å². The number of carbonyl (C=O) groups is 1. The van der Waals surface area contributed by atoms with Crippen molar-refractivity contribution in [2.24, 2.45) is 0 Å². The number of carbonyl (C=O) groups excluding carboxylic acids is 1. The lowest BCUT2D eigenvalue weighted by Gasteiger charge is -2.14. The molecule has 0 spiro atoms. The van der Waals surface area contributed by atoms with Crippen LogP contribution in [0.5, 0.6) is 11.5 Å². The molecule has 2 N–H and O–H groups in total. The summed E-state index contributed by atoms with van der Waals surface area (Å²) < 4.78 is 11.3. The predicted molar refractivity (Wildman–Crippen MR) is 240 cm³/mol. The van der Waals surface area contributed by atoms with Crippen LogP contribution in [0.4, 0.5) is 0 Å². The van der Waals surface area contributed by atoms with Gasteiger partial charge in [-0.1, -0.05) is 224 Å². The van der Waals surface area contributed by atoms with Gasteiger partial charge in [0.2, 0.25) is 0 Å². The van der Waals surface area contributed by atoms with Gasteiger partial charge in [0.25, 0.3) is 0 Å². The number of hydrogen-bond donors (Lipinski definition) is 2. The van der Waals surface area contributed by atoms with Crippen LogP contribution in [0.15, 0.2) is 48.5 Å². The number of para-hydroxylation sites is 2. The second kappa shape index (κ2) is 39.5. The molecule has 56 heavy (non-hydrogen) atoms. The van der Waals surface area contributed by atoms with Gasteiger partial charge in [-0.25, -0.2) is 0 Å². The topological polar surface area (TPSA) is 76.0 Å². The molecule has 0 amide bonds. The fourth-order valence-corrected chi connectivity index (χ4v) is 7.24. The van der Waals surface area contributed by atoms with E-state index in [1.807, 2.05) is 0 Å². The second-order valence-corrected chi connectivity index (χ2v) is 16.3. The first-order valence-corrected chi connectivity index (χ1v) is 23.8. The van der Waals surface area contributed by atoms with Crippen LogP contribution in [-0.2, 0) is 22.4 Å². The van der Waals surface area contributed by atoms with E-state index in [1.54, 1.807) is 0 Å². The van der Waals surface area contributed by atoms with Crippen molar-refractivity contribution in [3.05, 3.63) is 59.7 Å². The van der Waals surface area contributed by atoms with Crippen molar-refractivity contribution < 1.29 is 24.5 Å². The van der Waals surface area contributed by atoms with E-state index >= 15 is 0 Å². The number of hydrogen-bond acceptors (Lipinski definition) is 5. The molecule has 0 heterocycles. The molecule has 1 atom stereocenters. The van der Waals surface area contributed by atoms with E-state index in [0.717, 1.165) is 37.2 Å². The lowest BCUT2D eigenvalue weighted by atomic mass is 10.0. The molecule has 0 fully saturated rings. The monoisotopic (exact) mass is 781 g/mol. The Balaban J connectivity index is 0.000000575. The van der Waals surface area contributed by atoms with E-state index < -0.39 is 6.10 Å². The van der Waals surface area contributed by atoms with Gasteiger partial charge < -0.3 is 19.7 Å². The minimum absolute atomic E-state index is 0.103. The summed E-state index contributed by atoms with van der Waals surface area (Å²) in [7, 11) is 0. The lowest BCUT2D eigenvalue weighted by Crippen LogP contribution is -2.21. The van der Waals surface area contributed by atoms with Gasteiger partial charge in [0.1, 0.15) is 24.2 Å². The number of benzene rings is 2. The van der Waals surface area contributed by atoms with Gasteiger partial charge >= 0.3 is 5.97 Å². The van der Waals surface area contributed by atoms with Crippen LogP contribution >= 0.6 is 0 Å². The molecule has 5 nitrogen and oxygen atoms in total. The molecule has 0 saturated carbocycles. The summed E-state index contributed by atoms with van der Waals surface area (Å²) in [6, 6.07) is 17.3. The van der Waals surface area contributed by atoms with Crippen LogP contribution < -0.4 is 4.74 Å². The second-order valence-electron chi connectivity index (χ2n) is 16.3. The fourth-order valence-electron chi connectivity index (χ4n) is 7.24. The van der Waals surface area contributed by atoms with Gasteiger partial charge in [0, 0.05) is 6.42 Å². The van der Waals surface area contributed by atoms with Crippen LogP contribution in [0.1, 0.15) is 225 Å². The standard InChI is InChI=1S/C30H46O.C21H42O4/c1-3-5-7-9-11-13-15-21-27-23-17-19-25-29(27)31-30-26-20-18-24-28(30)22-16-14-12-10-8-6-4-2;1-2-3-4-5-6-7-8-9-10-11-12-13-14-15-16-17-21(24)25-19-20(23)18-22/h17-20,23-26H,3-16,21-22H2,1-2H3;20,22-23H,2-19H2,1H3. The molecule has 0 saturated heterocycles. The maximum Gasteiger partial charge on any atom is 0.305 e. The van der Waals surface area contributed by atoms with E-state index in [-0.39, 0.29) is 19.2 Å². The molecule has 0 bridgehead atoms. The summed E-state index contributed by atoms with van der Waals surface area (Å²) in [5, 5.41) is 17.7. The van der Waals surface area contributed by atoms with Crippen LogP contribution in [0.25, 0.3) is 0 Å². The Morgan fingerprint density at radius 2 is 0.804 bits per heavy atom. The molecule has 0 aliphatic heterocycles. The number of rotatable bonds is 37. The van der Waals surface area contributed by atoms with E-state index in [4.69, 9.17) is 19.7 Å². The Morgan fingerprint density at radius 3 is 1.16 bits per heavy atom. The molecular formula is C51H88O5. The first-order valence-electron chi connectivity index (χ1n) is 23.8. The summed E-state index contributed by atoms with van der Waals surface area (Å²) in [5.41, 5.74) is 2.70. The van der Waals surface area contributed by atoms with Crippen molar-refractivity contribution in [1.29, 1.82) is 0 Å². The Labute approximate surface area is 346 Å². The van der Waals surface area contributed by atoms with Crippen molar-refractivity contribution in [3.8, 4) is 11.5 Å². The third kappa shape index (κ3) is 30.7. The van der Waals surface area contributed by atoms with Gasteiger partial charge in [0.05, 0.1) is 6.61 Å². The molecule has 2 aromatic rings.